The number of rotatable bonds is 11. The third-order valence-corrected chi connectivity index (χ3v) is 9.04. The lowest BCUT2D eigenvalue weighted by molar-refractivity contribution is -0.136. The van der Waals surface area contributed by atoms with E-state index < -0.39 is 21.6 Å². The number of carboxylic acid groups (broad SMARTS) is 1. The number of benzene rings is 3. The zero-order chi connectivity index (χ0) is 29.0. The Kier molecular flexibility index (Phi) is 9.03. The molecule has 0 bridgehead atoms. The Morgan fingerprint density at radius 2 is 1.82 bits per heavy atom. The normalized spacial score (nSPS) is 14.7. The van der Waals surface area contributed by atoms with Crippen molar-refractivity contribution in [2.24, 2.45) is 0 Å². The molecule has 1 aliphatic heterocycles. The standard InChI is InChI=1S/C31H36FNO6S/c1-5-40(36,37)12-6-11-38-24-13-20(3)31(21(4)14-24)23-8-7-19(2)25(15-23)28-18-39-29-16-22(9-10-30(34)35)26(32)17-27(29)33-28/h7-8,13-17,28,33H,5-6,9-12,18H2,1-4H3,(H,34,35). The van der Waals surface area contributed by atoms with Crippen molar-refractivity contribution >= 4 is 21.5 Å². The second-order valence-corrected chi connectivity index (χ2v) is 12.8. The number of ether oxygens (including phenoxy) is 2. The molecule has 0 fully saturated rings. The zero-order valence-electron chi connectivity index (χ0n) is 23.3. The maximum Gasteiger partial charge on any atom is 0.303 e. The lowest BCUT2D eigenvalue weighted by Gasteiger charge is -2.30. The van der Waals surface area contributed by atoms with Gasteiger partial charge in [0, 0.05) is 18.2 Å². The van der Waals surface area contributed by atoms with Gasteiger partial charge < -0.3 is 19.9 Å². The summed E-state index contributed by atoms with van der Waals surface area (Å²) in [7, 11) is -3.01. The predicted octanol–water partition coefficient (Wildman–Crippen LogP) is 6.18. The molecule has 3 aromatic carbocycles. The van der Waals surface area contributed by atoms with E-state index in [0.717, 1.165) is 33.4 Å². The lowest BCUT2D eigenvalue weighted by Crippen LogP contribution is -2.25. The van der Waals surface area contributed by atoms with Crippen molar-refractivity contribution in [3.05, 3.63) is 76.1 Å². The van der Waals surface area contributed by atoms with E-state index in [-0.39, 0.29) is 30.4 Å². The molecular weight excluding hydrogens is 533 g/mol. The Morgan fingerprint density at radius 3 is 2.50 bits per heavy atom. The van der Waals surface area contributed by atoms with Crippen LogP contribution in [0, 0.1) is 26.6 Å². The minimum Gasteiger partial charge on any atom is -0.494 e. The first-order valence-corrected chi connectivity index (χ1v) is 15.3. The number of aliphatic carboxylic acids is 1. The van der Waals surface area contributed by atoms with Gasteiger partial charge in [-0.1, -0.05) is 19.1 Å². The van der Waals surface area contributed by atoms with Gasteiger partial charge in [0.25, 0.3) is 0 Å². The fourth-order valence-corrected chi connectivity index (χ4v) is 5.92. The van der Waals surface area contributed by atoms with E-state index in [2.05, 4.69) is 23.5 Å². The van der Waals surface area contributed by atoms with Gasteiger partial charge in [0.05, 0.1) is 24.1 Å². The summed E-state index contributed by atoms with van der Waals surface area (Å²) in [5.74, 6) is 0.0557. The van der Waals surface area contributed by atoms with Gasteiger partial charge in [-0.05, 0) is 96.8 Å². The molecule has 4 rings (SSSR count). The van der Waals surface area contributed by atoms with E-state index in [9.17, 15) is 17.6 Å². The quantitative estimate of drug-likeness (QED) is 0.266. The molecule has 1 aliphatic rings. The number of halogens is 1. The smallest absolute Gasteiger partial charge is 0.303 e. The molecule has 9 heteroatoms. The highest BCUT2D eigenvalue weighted by Gasteiger charge is 2.24. The SMILES string of the molecule is CCS(=O)(=O)CCCOc1cc(C)c(-c2ccc(C)c(C3COc4cc(CCC(=O)O)c(F)cc4N3)c2)c(C)c1. The van der Waals surface area contributed by atoms with E-state index in [1.807, 2.05) is 32.9 Å². The maximum absolute atomic E-state index is 14.7. The molecule has 7 nitrogen and oxygen atoms in total. The van der Waals surface area contributed by atoms with Crippen molar-refractivity contribution < 1.29 is 32.2 Å². The summed E-state index contributed by atoms with van der Waals surface area (Å²) in [6, 6.07) is 13.0. The Morgan fingerprint density at radius 1 is 1.10 bits per heavy atom. The number of hydrogen-bond acceptors (Lipinski definition) is 6. The summed E-state index contributed by atoms with van der Waals surface area (Å²) in [6.45, 7) is 8.41. The molecule has 0 radical (unpaired) electrons. The molecule has 0 aliphatic carbocycles. The second kappa shape index (κ2) is 12.3. The van der Waals surface area contributed by atoms with Gasteiger partial charge in [-0.2, -0.15) is 0 Å². The number of anilines is 1. The highest BCUT2D eigenvalue weighted by Crippen LogP contribution is 2.39. The maximum atomic E-state index is 14.7. The third-order valence-electron chi connectivity index (χ3n) is 7.25. The van der Waals surface area contributed by atoms with E-state index >= 15 is 0 Å². The van der Waals surface area contributed by atoms with Crippen LogP contribution >= 0.6 is 0 Å². The first-order valence-electron chi connectivity index (χ1n) is 13.5. The summed E-state index contributed by atoms with van der Waals surface area (Å²) in [4.78, 5) is 10.9. The van der Waals surface area contributed by atoms with Gasteiger partial charge in [-0.25, -0.2) is 12.8 Å². The van der Waals surface area contributed by atoms with Crippen LogP contribution in [0.25, 0.3) is 11.1 Å². The Hall–Kier alpha value is -3.59. The Balaban J connectivity index is 1.52. The first kappa shape index (κ1) is 29.4. The highest BCUT2D eigenvalue weighted by molar-refractivity contribution is 7.91. The van der Waals surface area contributed by atoms with Crippen LogP contribution in [-0.4, -0.2) is 44.2 Å². The molecule has 1 atom stereocenters. The zero-order valence-corrected chi connectivity index (χ0v) is 24.2. The van der Waals surface area contributed by atoms with E-state index in [0.29, 0.717) is 42.4 Å². The lowest BCUT2D eigenvalue weighted by atomic mass is 9.90. The summed E-state index contributed by atoms with van der Waals surface area (Å²) in [5.41, 5.74) is 7.19. The van der Waals surface area contributed by atoms with Crippen molar-refractivity contribution in [2.45, 2.75) is 53.0 Å². The number of nitrogens with one attached hydrogen (secondary N) is 1. The molecule has 0 saturated carbocycles. The fourth-order valence-electron chi connectivity index (χ4n) is 5.08. The van der Waals surface area contributed by atoms with Gasteiger partial charge in [0.2, 0.25) is 0 Å². The summed E-state index contributed by atoms with van der Waals surface area (Å²) in [5, 5.41) is 12.3. The monoisotopic (exact) mass is 569 g/mol. The largest absolute Gasteiger partial charge is 0.494 e. The van der Waals surface area contributed by atoms with Crippen LogP contribution in [0.5, 0.6) is 11.5 Å². The number of hydrogen-bond donors (Lipinski definition) is 2. The van der Waals surface area contributed by atoms with Gasteiger partial charge in [0.15, 0.2) is 0 Å². The molecule has 3 aromatic rings. The van der Waals surface area contributed by atoms with Gasteiger partial charge in [-0.3, -0.25) is 4.79 Å². The Labute approximate surface area is 235 Å². The molecular formula is C31H36FNO6S. The number of carbonyl (C=O) groups is 1. The van der Waals surface area contributed by atoms with Crippen LogP contribution < -0.4 is 14.8 Å². The number of sulfone groups is 1. The average Bonchev–Trinajstić information content (AvgIpc) is 2.90. The second-order valence-electron chi connectivity index (χ2n) is 10.3. The molecule has 0 amide bonds. The van der Waals surface area contributed by atoms with Crippen molar-refractivity contribution in [2.75, 3.05) is 30.0 Å². The van der Waals surface area contributed by atoms with Crippen LogP contribution in [0.15, 0.2) is 42.5 Å². The van der Waals surface area contributed by atoms with Crippen molar-refractivity contribution in [3.63, 3.8) is 0 Å². The van der Waals surface area contributed by atoms with Crippen molar-refractivity contribution in [1.82, 2.24) is 0 Å². The van der Waals surface area contributed by atoms with Gasteiger partial charge in [0.1, 0.15) is 33.8 Å². The highest BCUT2D eigenvalue weighted by atomic mass is 32.2. The molecule has 40 heavy (non-hydrogen) atoms. The van der Waals surface area contributed by atoms with E-state index in [1.54, 1.807) is 13.0 Å². The molecule has 1 heterocycles. The van der Waals surface area contributed by atoms with Crippen LogP contribution in [0.2, 0.25) is 0 Å². The summed E-state index contributed by atoms with van der Waals surface area (Å²) < 4.78 is 50.0. The molecule has 0 saturated heterocycles. The summed E-state index contributed by atoms with van der Waals surface area (Å²) >= 11 is 0. The molecule has 0 spiro atoms. The van der Waals surface area contributed by atoms with Crippen LogP contribution in [0.4, 0.5) is 10.1 Å². The molecule has 1 unspecified atom stereocenters. The number of aryl methyl sites for hydroxylation is 4. The average molecular weight is 570 g/mol. The molecule has 2 N–H and O–H groups in total. The van der Waals surface area contributed by atoms with Crippen LogP contribution in [0.1, 0.15) is 53.6 Å². The third kappa shape index (κ3) is 6.94. The first-order chi connectivity index (χ1) is 19.0. The Bertz CT molecular complexity index is 1500. The fraction of sp³-hybridized carbons (Fsp3) is 0.387. The van der Waals surface area contributed by atoms with E-state index in [4.69, 9.17) is 14.6 Å². The van der Waals surface area contributed by atoms with Crippen molar-refractivity contribution in [3.8, 4) is 22.6 Å². The number of carboxylic acids is 1. The predicted molar refractivity (Wildman–Crippen MR) is 155 cm³/mol. The van der Waals surface area contributed by atoms with Crippen LogP contribution in [-0.2, 0) is 21.1 Å². The number of fused-ring (bicyclic) bond motifs is 1. The summed E-state index contributed by atoms with van der Waals surface area (Å²) in [6.07, 6.45) is 0.406. The van der Waals surface area contributed by atoms with E-state index in [1.165, 1.54) is 6.07 Å². The molecule has 214 valence electrons. The van der Waals surface area contributed by atoms with Crippen LogP contribution in [0.3, 0.4) is 0 Å². The van der Waals surface area contributed by atoms with Crippen molar-refractivity contribution in [1.29, 1.82) is 0 Å². The minimum atomic E-state index is -3.01. The van der Waals surface area contributed by atoms with Gasteiger partial charge in [-0.15, -0.1) is 0 Å². The minimum absolute atomic E-state index is 0.103. The molecule has 0 aromatic heterocycles. The topological polar surface area (TPSA) is 102 Å². The van der Waals surface area contributed by atoms with Gasteiger partial charge >= 0.3 is 5.97 Å².